The molecule has 0 unspecified atom stereocenters. The summed E-state index contributed by atoms with van der Waals surface area (Å²) < 4.78 is 26.1. The van der Waals surface area contributed by atoms with Gasteiger partial charge in [0.05, 0.1) is 6.61 Å². The molecule has 1 amide bonds. The van der Waals surface area contributed by atoms with Crippen LogP contribution in [0, 0.1) is 0 Å². The van der Waals surface area contributed by atoms with Crippen LogP contribution in [0.4, 0.5) is 0 Å². The summed E-state index contributed by atoms with van der Waals surface area (Å²) in [4.78, 5) is 47.5. The highest BCUT2D eigenvalue weighted by atomic mass is 16.6. The van der Waals surface area contributed by atoms with Crippen LogP contribution in [-0.2, 0) is 42.9 Å². The second kappa shape index (κ2) is 12.2. The molecule has 0 fully saturated rings. The Balaban J connectivity index is 5.96. The molecule has 0 aliphatic heterocycles. The lowest BCUT2D eigenvalue weighted by atomic mass is 9.99. The van der Waals surface area contributed by atoms with E-state index in [9.17, 15) is 19.2 Å². The van der Waals surface area contributed by atoms with Gasteiger partial charge in [-0.05, 0) is 0 Å². The van der Waals surface area contributed by atoms with Crippen LogP contribution in [0.1, 0.15) is 27.7 Å². The maximum atomic E-state index is 11.9. The quantitative estimate of drug-likeness (QED) is 0.352. The van der Waals surface area contributed by atoms with E-state index >= 15 is 0 Å². The number of nitrogens with zero attached hydrogens (tertiary/aromatic N) is 1. The van der Waals surface area contributed by atoms with Crippen LogP contribution in [0.15, 0.2) is 0 Å². The smallest absolute Gasteiger partial charge is 0.303 e. The maximum absolute atomic E-state index is 11.9. The van der Waals surface area contributed by atoms with Crippen molar-refractivity contribution in [2.24, 2.45) is 0 Å². The van der Waals surface area contributed by atoms with Crippen LogP contribution in [0.25, 0.3) is 0 Å². The molecule has 0 aromatic rings. The third kappa shape index (κ3) is 8.83. The molecular weight excluding hydrogens is 362 g/mol. The van der Waals surface area contributed by atoms with Crippen LogP contribution in [-0.4, -0.2) is 87.5 Å². The summed E-state index contributed by atoms with van der Waals surface area (Å²) in [6.07, 6.45) is -3.01. The number of rotatable bonds is 11. The van der Waals surface area contributed by atoms with Crippen LogP contribution >= 0.6 is 0 Å². The Morgan fingerprint density at radius 3 is 1.74 bits per heavy atom. The second-order valence-electron chi connectivity index (χ2n) is 5.88. The van der Waals surface area contributed by atoms with E-state index in [-0.39, 0.29) is 19.1 Å². The molecule has 0 saturated carbocycles. The van der Waals surface area contributed by atoms with E-state index in [1.54, 1.807) is 0 Å². The first kappa shape index (κ1) is 24.8. The molecule has 0 N–H and O–H groups in total. The summed E-state index contributed by atoms with van der Waals surface area (Å²) in [5, 5.41) is 0. The minimum Gasteiger partial charge on any atom is -0.464 e. The standard InChI is InChI=1S/C17H29NO9/c1-10(19)18(5)14(8-25-11(2)20)16(27-13(4)22)17(24-7)15(9-23-6)26-12(3)21/h14-17H,8-9H2,1-7H3/t14-,15+,16+,17-/m0/s1. The van der Waals surface area contributed by atoms with Gasteiger partial charge in [-0.15, -0.1) is 0 Å². The zero-order chi connectivity index (χ0) is 21.1. The van der Waals surface area contributed by atoms with Gasteiger partial charge in [0.2, 0.25) is 5.91 Å². The van der Waals surface area contributed by atoms with Crippen molar-refractivity contribution in [2.75, 3.05) is 34.5 Å². The van der Waals surface area contributed by atoms with E-state index in [0.717, 1.165) is 0 Å². The first-order valence-corrected chi connectivity index (χ1v) is 8.28. The molecule has 0 rings (SSSR count). The first-order valence-electron chi connectivity index (χ1n) is 8.28. The Hall–Kier alpha value is -2.20. The number of methoxy groups -OCH3 is 2. The van der Waals surface area contributed by atoms with Gasteiger partial charge in [0, 0.05) is 49.0 Å². The molecule has 0 aliphatic carbocycles. The molecule has 0 aliphatic rings. The van der Waals surface area contributed by atoms with Gasteiger partial charge < -0.3 is 28.6 Å². The van der Waals surface area contributed by atoms with Crippen molar-refractivity contribution in [3.05, 3.63) is 0 Å². The number of hydrogen-bond donors (Lipinski definition) is 0. The maximum Gasteiger partial charge on any atom is 0.303 e. The Labute approximate surface area is 159 Å². The normalized spacial score (nSPS) is 15.1. The van der Waals surface area contributed by atoms with Crippen LogP contribution < -0.4 is 0 Å². The van der Waals surface area contributed by atoms with Gasteiger partial charge in [-0.25, -0.2) is 0 Å². The number of esters is 3. The van der Waals surface area contributed by atoms with E-state index in [4.69, 9.17) is 23.7 Å². The highest BCUT2D eigenvalue weighted by molar-refractivity contribution is 5.73. The summed E-state index contributed by atoms with van der Waals surface area (Å²) in [5.41, 5.74) is 0. The second-order valence-corrected chi connectivity index (χ2v) is 5.88. The summed E-state index contributed by atoms with van der Waals surface area (Å²) in [6, 6.07) is -0.879. The summed E-state index contributed by atoms with van der Waals surface area (Å²) in [6.45, 7) is 4.64. The topological polar surface area (TPSA) is 118 Å². The van der Waals surface area contributed by atoms with Crippen molar-refractivity contribution >= 4 is 23.8 Å². The van der Waals surface area contributed by atoms with Gasteiger partial charge in [0.15, 0.2) is 12.2 Å². The summed E-state index contributed by atoms with van der Waals surface area (Å²) >= 11 is 0. The van der Waals surface area contributed by atoms with Crippen molar-refractivity contribution in [2.45, 2.75) is 52.0 Å². The molecule has 10 nitrogen and oxygen atoms in total. The zero-order valence-corrected chi connectivity index (χ0v) is 16.8. The van der Waals surface area contributed by atoms with Crippen LogP contribution in [0.3, 0.4) is 0 Å². The fourth-order valence-corrected chi connectivity index (χ4v) is 2.49. The van der Waals surface area contributed by atoms with Crippen molar-refractivity contribution < 1.29 is 42.9 Å². The molecule has 0 aromatic heterocycles. The highest BCUT2D eigenvalue weighted by Crippen LogP contribution is 2.20. The zero-order valence-electron chi connectivity index (χ0n) is 16.8. The van der Waals surface area contributed by atoms with Crippen molar-refractivity contribution in [1.82, 2.24) is 4.90 Å². The van der Waals surface area contributed by atoms with Crippen molar-refractivity contribution in [1.29, 1.82) is 0 Å². The molecule has 0 radical (unpaired) electrons. The highest BCUT2D eigenvalue weighted by Gasteiger charge is 2.42. The van der Waals surface area contributed by atoms with Gasteiger partial charge in [-0.2, -0.15) is 0 Å². The molecule has 10 heteroatoms. The third-order valence-electron chi connectivity index (χ3n) is 3.74. The number of hydrogen-bond acceptors (Lipinski definition) is 9. The van der Waals surface area contributed by atoms with Gasteiger partial charge in [0.1, 0.15) is 18.8 Å². The average Bonchev–Trinajstić information content (AvgIpc) is 2.53. The molecule has 0 aromatic carbocycles. The summed E-state index contributed by atoms with van der Waals surface area (Å²) in [5.74, 6) is -2.15. The Morgan fingerprint density at radius 1 is 0.815 bits per heavy atom. The van der Waals surface area contributed by atoms with Gasteiger partial charge in [-0.3, -0.25) is 19.2 Å². The molecular formula is C17H29NO9. The molecule has 0 heterocycles. The number of ether oxygens (including phenoxy) is 5. The number of carbonyl (C=O) groups excluding carboxylic acids is 4. The molecule has 0 bridgehead atoms. The fraction of sp³-hybridized carbons (Fsp3) is 0.765. The van der Waals surface area contributed by atoms with Gasteiger partial charge in [-0.1, -0.05) is 0 Å². The van der Waals surface area contributed by atoms with E-state index in [1.165, 1.54) is 53.9 Å². The Kier molecular flexibility index (Phi) is 11.2. The van der Waals surface area contributed by atoms with E-state index in [2.05, 4.69) is 0 Å². The van der Waals surface area contributed by atoms with E-state index < -0.39 is 42.3 Å². The Morgan fingerprint density at radius 2 is 1.37 bits per heavy atom. The predicted octanol–water partition coefficient (Wildman–Crippen LogP) is -0.0788. The van der Waals surface area contributed by atoms with Gasteiger partial charge >= 0.3 is 17.9 Å². The average molecular weight is 391 g/mol. The molecule has 4 atom stereocenters. The molecule has 27 heavy (non-hydrogen) atoms. The molecule has 0 saturated heterocycles. The minimum absolute atomic E-state index is 0.0417. The molecule has 156 valence electrons. The number of carbonyl (C=O) groups is 4. The lowest BCUT2D eigenvalue weighted by Gasteiger charge is -2.38. The lowest BCUT2D eigenvalue weighted by molar-refractivity contribution is -0.186. The largest absolute Gasteiger partial charge is 0.464 e. The Bertz CT molecular complexity index is 523. The monoisotopic (exact) mass is 391 g/mol. The van der Waals surface area contributed by atoms with Gasteiger partial charge in [0.25, 0.3) is 0 Å². The van der Waals surface area contributed by atoms with E-state index in [1.807, 2.05) is 0 Å². The number of amides is 1. The minimum atomic E-state index is -1.10. The lowest BCUT2D eigenvalue weighted by Crippen LogP contribution is -2.57. The third-order valence-corrected chi connectivity index (χ3v) is 3.74. The van der Waals surface area contributed by atoms with Crippen molar-refractivity contribution in [3.63, 3.8) is 0 Å². The predicted molar refractivity (Wildman–Crippen MR) is 92.6 cm³/mol. The SMILES string of the molecule is COC[C@@H](OC(C)=O)[C@H](OC)[C@H](OC(C)=O)[C@H](COC(C)=O)N(C)C(C)=O. The first-order chi connectivity index (χ1) is 12.5. The molecule has 0 spiro atoms. The fourth-order valence-electron chi connectivity index (χ4n) is 2.49. The van der Waals surface area contributed by atoms with Crippen LogP contribution in [0.2, 0.25) is 0 Å². The van der Waals surface area contributed by atoms with Crippen molar-refractivity contribution in [3.8, 4) is 0 Å². The van der Waals surface area contributed by atoms with Crippen LogP contribution in [0.5, 0.6) is 0 Å². The summed E-state index contributed by atoms with van der Waals surface area (Å²) in [7, 11) is 4.21. The van der Waals surface area contributed by atoms with E-state index in [0.29, 0.717) is 0 Å². The number of likely N-dealkylation sites (N-methyl/N-ethyl adjacent to an activating group) is 1.